The SMILES string of the molecule is CNS(=O)(=O)c1ccc2c(c1)CCN2C(=O)c1ccc(-n2ccnc2)c([N+](=O)[O-])c1. The fraction of sp³-hybridized carbons (Fsp3) is 0.158. The molecule has 0 radical (unpaired) electrons. The largest absolute Gasteiger partial charge is 0.308 e. The van der Waals surface area contributed by atoms with Crippen molar-refractivity contribution in [2.75, 3.05) is 18.5 Å². The number of anilines is 1. The Morgan fingerprint density at radius 3 is 2.63 bits per heavy atom. The molecule has 0 saturated carbocycles. The number of nitro groups is 1. The van der Waals surface area contributed by atoms with Crippen molar-refractivity contribution in [1.82, 2.24) is 14.3 Å². The number of nitrogens with zero attached hydrogens (tertiary/aromatic N) is 4. The highest BCUT2D eigenvalue weighted by atomic mass is 32.2. The normalized spacial score (nSPS) is 13.3. The summed E-state index contributed by atoms with van der Waals surface area (Å²) in [4.78, 5) is 29.6. The Hall–Kier alpha value is -3.57. The molecule has 0 bridgehead atoms. The molecule has 1 N–H and O–H groups in total. The van der Waals surface area contributed by atoms with Gasteiger partial charge in [0.05, 0.1) is 16.1 Å². The molecule has 1 aliphatic rings. The number of benzene rings is 2. The van der Waals surface area contributed by atoms with Gasteiger partial charge in [-0.1, -0.05) is 0 Å². The van der Waals surface area contributed by atoms with E-state index in [9.17, 15) is 23.3 Å². The minimum Gasteiger partial charge on any atom is -0.308 e. The number of nitro benzene ring substituents is 1. The number of carbonyl (C=O) groups excluding carboxylic acids is 1. The first kappa shape index (κ1) is 19.7. The Morgan fingerprint density at radius 1 is 1.20 bits per heavy atom. The first-order valence-corrected chi connectivity index (χ1v) is 10.5. The lowest BCUT2D eigenvalue weighted by Crippen LogP contribution is -2.29. The molecule has 10 nitrogen and oxygen atoms in total. The molecule has 0 spiro atoms. The zero-order chi connectivity index (χ0) is 21.5. The molecular weight excluding hydrogens is 410 g/mol. The summed E-state index contributed by atoms with van der Waals surface area (Å²) in [5.74, 6) is -0.391. The van der Waals surface area contributed by atoms with Gasteiger partial charge in [-0.2, -0.15) is 0 Å². The van der Waals surface area contributed by atoms with E-state index in [0.29, 0.717) is 24.3 Å². The number of imidazole rings is 1. The Bertz CT molecular complexity index is 1250. The average Bonchev–Trinajstić information content (AvgIpc) is 3.42. The summed E-state index contributed by atoms with van der Waals surface area (Å²) in [5.41, 5.74) is 1.58. The molecule has 0 atom stereocenters. The van der Waals surface area contributed by atoms with Crippen LogP contribution in [0.25, 0.3) is 5.69 Å². The quantitative estimate of drug-likeness (QED) is 0.489. The average molecular weight is 427 g/mol. The van der Waals surface area contributed by atoms with Crippen LogP contribution in [0.2, 0.25) is 0 Å². The smallest absolute Gasteiger partial charge is 0.294 e. The van der Waals surface area contributed by atoms with Crippen LogP contribution < -0.4 is 9.62 Å². The van der Waals surface area contributed by atoms with Crippen LogP contribution in [-0.4, -0.2) is 42.4 Å². The van der Waals surface area contributed by atoms with Crippen LogP contribution >= 0.6 is 0 Å². The van der Waals surface area contributed by atoms with Gasteiger partial charge in [-0.05, 0) is 49.4 Å². The van der Waals surface area contributed by atoms with E-state index < -0.39 is 20.9 Å². The molecule has 30 heavy (non-hydrogen) atoms. The summed E-state index contributed by atoms with van der Waals surface area (Å²) in [7, 11) is -2.25. The second-order valence-corrected chi connectivity index (χ2v) is 8.52. The second-order valence-electron chi connectivity index (χ2n) is 6.64. The molecule has 0 aliphatic carbocycles. The third kappa shape index (κ3) is 3.33. The van der Waals surface area contributed by atoms with Crippen molar-refractivity contribution < 1.29 is 18.1 Å². The lowest BCUT2D eigenvalue weighted by Gasteiger charge is -2.18. The predicted molar refractivity (Wildman–Crippen MR) is 108 cm³/mol. The molecule has 154 valence electrons. The van der Waals surface area contributed by atoms with Crippen LogP contribution in [-0.2, 0) is 16.4 Å². The zero-order valence-electron chi connectivity index (χ0n) is 15.8. The summed E-state index contributed by atoms with van der Waals surface area (Å²) in [5, 5.41) is 11.6. The lowest BCUT2D eigenvalue weighted by molar-refractivity contribution is -0.384. The van der Waals surface area contributed by atoms with Gasteiger partial charge in [-0.15, -0.1) is 0 Å². The van der Waals surface area contributed by atoms with E-state index in [1.54, 1.807) is 18.3 Å². The maximum Gasteiger partial charge on any atom is 0.294 e. The van der Waals surface area contributed by atoms with Gasteiger partial charge in [0.15, 0.2) is 0 Å². The molecule has 11 heteroatoms. The molecule has 0 saturated heterocycles. The first-order valence-electron chi connectivity index (χ1n) is 8.97. The predicted octanol–water partition coefficient (Wildman–Crippen LogP) is 1.89. The van der Waals surface area contributed by atoms with E-state index >= 15 is 0 Å². The highest BCUT2D eigenvalue weighted by Gasteiger charge is 2.29. The van der Waals surface area contributed by atoms with Crippen LogP contribution in [0.1, 0.15) is 15.9 Å². The minimum atomic E-state index is -3.59. The number of rotatable bonds is 5. The number of hydrogen-bond donors (Lipinski definition) is 1. The molecular formula is C19H17N5O5S. The van der Waals surface area contributed by atoms with E-state index in [0.717, 1.165) is 5.56 Å². The molecule has 1 amide bonds. The highest BCUT2D eigenvalue weighted by Crippen LogP contribution is 2.32. The van der Waals surface area contributed by atoms with E-state index in [1.165, 1.54) is 53.3 Å². The standard InChI is InChI=1S/C19H17N5O5S/c1-20-30(28,29)15-3-5-16-13(10-15)6-8-23(16)19(25)14-2-4-17(18(11-14)24(26)27)22-9-7-21-12-22/h2-5,7,9-12,20H,6,8H2,1H3. The number of amides is 1. The van der Waals surface area contributed by atoms with Crippen LogP contribution in [0.3, 0.4) is 0 Å². The van der Waals surface area contributed by atoms with Gasteiger partial charge in [-0.25, -0.2) is 18.1 Å². The summed E-state index contributed by atoms with van der Waals surface area (Å²) in [6.07, 6.45) is 5.02. The Balaban J connectivity index is 1.69. The lowest BCUT2D eigenvalue weighted by atomic mass is 10.1. The van der Waals surface area contributed by atoms with Crippen LogP contribution in [0.5, 0.6) is 0 Å². The minimum absolute atomic E-state index is 0.123. The van der Waals surface area contributed by atoms with Crippen molar-refractivity contribution in [3.8, 4) is 5.69 Å². The number of hydrogen-bond acceptors (Lipinski definition) is 6. The second kappa shape index (κ2) is 7.35. The van der Waals surface area contributed by atoms with Crippen LogP contribution in [0.4, 0.5) is 11.4 Å². The highest BCUT2D eigenvalue weighted by molar-refractivity contribution is 7.89. The monoisotopic (exact) mass is 427 g/mol. The summed E-state index contributed by atoms with van der Waals surface area (Å²) in [6.45, 7) is 0.355. The van der Waals surface area contributed by atoms with Crippen molar-refractivity contribution in [3.05, 3.63) is 76.4 Å². The molecule has 3 aromatic rings. The summed E-state index contributed by atoms with van der Waals surface area (Å²) in [6, 6.07) is 8.84. The van der Waals surface area contributed by atoms with Gasteiger partial charge < -0.3 is 9.47 Å². The maximum absolute atomic E-state index is 13.1. The van der Waals surface area contributed by atoms with E-state index in [2.05, 4.69) is 9.71 Å². The molecule has 2 aromatic carbocycles. The van der Waals surface area contributed by atoms with E-state index in [-0.39, 0.29) is 16.1 Å². The van der Waals surface area contributed by atoms with Gasteiger partial charge in [0.2, 0.25) is 10.0 Å². The van der Waals surface area contributed by atoms with Crippen molar-refractivity contribution in [3.63, 3.8) is 0 Å². The molecule has 0 unspecified atom stereocenters. The maximum atomic E-state index is 13.1. The van der Waals surface area contributed by atoms with Gasteiger partial charge in [0, 0.05) is 36.3 Å². The molecule has 0 fully saturated rings. The summed E-state index contributed by atoms with van der Waals surface area (Å²) >= 11 is 0. The number of nitrogens with one attached hydrogen (secondary N) is 1. The third-order valence-electron chi connectivity index (χ3n) is 4.97. The number of aromatic nitrogens is 2. The Labute approximate surface area is 172 Å². The Morgan fingerprint density at radius 2 is 1.97 bits per heavy atom. The van der Waals surface area contributed by atoms with Crippen molar-refractivity contribution in [2.24, 2.45) is 0 Å². The van der Waals surface area contributed by atoms with E-state index in [4.69, 9.17) is 0 Å². The van der Waals surface area contributed by atoms with Gasteiger partial charge in [0.25, 0.3) is 11.6 Å². The van der Waals surface area contributed by atoms with Gasteiger partial charge >= 0.3 is 0 Å². The molecule has 4 rings (SSSR count). The third-order valence-corrected chi connectivity index (χ3v) is 6.38. The molecule has 1 aromatic heterocycles. The topological polar surface area (TPSA) is 127 Å². The number of sulfonamides is 1. The fourth-order valence-electron chi connectivity index (χ4n) is 3.45. The van der Waals surface area contributed by atoms with Crippen LogP contribution in [0.15, 0.2) is 60.0 Å². The number of fused-ring (bicyclic) bond motifs is 1. The fourth-order valence-corrected chi connectivity index (χ4v) is 4.23. The Kier molecular flexibility index (Phi) is 4.84. The first-order chi connectivity index (χ1) is 14.3. The van der Waals surface area contributed by atoms with Gasteiger partial charge in [-0.3, -0.25) is 14.9 Å². The van der Waals surface area contributed by atoms with Crippen molar-refractivity contribution in [1.29, 1.82) is 0 Å². The van der Waals surface area contributed by atoms with Crippen molar-refractivity contribution >= 4 is 27.3 Å². The van der Waals surface area contributed by atoms with E-state index in [1.807, 2.05) is 0 Å². The summed E-state index contributed by atoms with van der Waals surface area (Å²) < 4.78 is 27.8. The van der Waals surface area contributed by atoms with Gasteiger partial charge in [0.1, 0.15) is 5.69 Å². The van der Waals surface area contributed by atoms with Crippen molar-refractivity contribution in [2.45, 2.75) is 11.3 Å². The van der Waals surface area contributed by atoms with Crippen LogP contribution in [0, 0.1) is 10.1 Å². The number of carbonyl (C=O) groups is 1. The zero-order valence-corrected chi connectivity index (χ0v) is 16.7. The molecule has 1 aliphatic heterocycles. The molecule has 2 heterocycles.